The van der Waals surface area contributed by atoms with E-state index >= 15 is 0 Å². The van der Waals surface area contributed by atoms with Gasteiger partial charge in [0.15, 0.2) is 5.82 Å². The molecule has 38 heavy (non-hydrogen) atoms. The van der Waals surface area contributed by atoms with Crippen molar-refractivity contribution >= 4 is 33.7 Å². The molecule has 2 aromatic heterocycles. The zero-order chi connectivity index (χ0) is 26.7. The number of hydrogen-bond acceptors (Lipinski definition) is 7. The molecule has 1 fully saturated rings. The molecule has 0 aliphatic carbocycles. The Morgan fingerprint density at radius 1 is 1.18 bits per heavy atom. The molecule has 0 amide bonds. The first-order valence-corrected chi connectivity index (χ1v) is 13.7. The Kier molecular flexibility index (Phi) is 7.72. The molecule has 1 atom stereocenters. The summed E-state index contributed by atoms with van der Waals surface area (Å²) in [6, 6.07) is 15.2. The first-order valence-electron chi connectivity index (χ1n) is 13.7. The van der Waals surface area contributed by atoms with E-state index in [0.717, 1.165) is 84.4 Å². The number of anilines is 2. The lowest BCUT2D eigenvalue weighted by Crippen LogP contribution is -2.43. The summed E-state index contributed by atoms with van der Waals surface area (Å²) < 4.78 is 14.0. The first-order chi connectivity index (χ1) is 18.4. The number of hydrogen-bond donors (Lipinski definition) is 3. The van der Waals surface area contributed by atoms with Crippen molar-refractivity contribution in [2.45, 2.75) is 71.2 Å². The molecule has 1 aliphatic heterocycles. The summed E-state index contributed by atoms with van der Waals surface area (Å²) in [4.78, 5) is 9.27. The van der Waals surface area contributed by atoms with Crippen molar-refractivity contribution in [2.75, 3.05) is 31.3 Å². The van der Waals surface area contributed by atoms with Gasteiger partial charge in [-0.2, -0.15) is 4.98 Å². The Balaban J connectivity index is 1.50. The molecule has 0 spiro atoms. The van der Waals surface area contributed by atoms with Gasteiger partial charge in [0.25, 0.3) is 0 Å². The fourth-order valence-electron chi connectivity index (χ4n) is 5.52. The van der Waals surface area contributed by atoms with Gasteiger partial charge in [-0.25, -0.2) is 4.98 Å². The molecule has 4 aromatic rings. The van der Waals surface area contributed by atoms with E-state index in [1.807, 2.05) is 6.07 Å². The summed E-state index contributed by atoms with van der Waals surface area (Å²) >= 11 is 0. The lowest BCUT2D eigenvalue weighted by atomic mass is 9.94. The minimum absolute atomic E-state index is 0.0775. The molecule has 1 saturated heterocycles. The zero-order valence-corrected chi connectivity index (χ0v) is 23.0. The molecule has 2 aromatic carbocycles. The summed E-state index contributed by atoms with van der Waals surface area (Å²) in [5, 5.41) is 8.33. The third-order valence-electron chi connectivity index (χ3n) is 7.41. The third kappa shape index (κ3) is 5.56. The predicted octanol–water partition coefficient (Wildman–Crippen LogP) is 5.48. The number of nitrogens with two attached hydrogens (primary N) is 1. The monoisotopic (exact) mass is 516 g/mol. The van der Waals surface area contributed by atoms with Crippen molar-refractivity contribution in [1.82, 2.24) is 19.9 Å². The van der Waals surface area contributed by atoms with Crippen LogP contribution >= 0.6 is 0 Å². The van der Waals surface area contributed by atoms with Crippen LogP contribution in [0.4, 0.5) is 11.8 Å². The fraction of sp³-hybridized carbons (Fsp3) is 0.467. The van der Waals surface area contributed by atoms with Crippen LogP contribution in [0, 0.1) is 0 Å². The molecule has 5 rings (SSSR count). The van der Waals surface area contributed by atoms with Gasteiger partial charge >= 0.3 is 0 Å². The van der Waals surface area contributed by atoms with Gasteiger partial charge in [-0.1, -0.05) is 37.6 Å². The van der Waals surface area contributed by atoms with Crippen molar-refractivity contribution < 1.29 is 9.47 Å². The molecule has 4 N–H and O–H groups in total. The number of methoxy groups -OCH3 is 1. The number of para-hydroxylation sites is 1. The maximum Gasteiger partial charge on any atom is 0.222 e. The highest BCUT2D eigenvalue weighted by molar-refractivity contribution is 6.09. The number of nitrogens with one attached hydrogen (secondary N) is 2. The maximum absolute atomic E-state index is 6.15. The summed E-state index contributed by atoms with van der Waals surface area (Å²) in [7, 11) is 1.73. The topological polar surface area (TPSA) is 99.2 Å². The van der Waals surface area contributed by atoms with Crippen LogP contribution in [-0.4, -0.2) is 46.4 Å². The molecule has 0 radical (unpaired) electrons. The lowest BCUT2D eigenvalue weighted by Gasteiger charge is -2.36. The minimum atomic E-state index is -0.0775. The summed E-state index contributed by atoms with van der Waals surface area (Å²) in [5.74, 6) is 1.92. The van der Waals surface area contributed by atoms with E-state index in [1.54, 1.807) is 7.11 Å². The molecule has 8 heteroatoms. The van der Waals surface area contributed by atoms with Crippen LogP contribution in [0.2, 0.25) is 0 Å². The largest absolute Gasteiger partial charge is 0.496 e. The van der Waals surface area contributed by atoms with Gasteiger partial charge in [0.1, 0.15) is 16.8 Å². The van der Waals surface area contributed by atoms with E-state index in [4.69, 9.17) is 15.2 Å². The first kappa shape index (κ1) is 26.3. The second-order valence-electron chi connectivity index (χ2n) is 10.8. The minimum Gasteiger partial charge on any atom is -0.496 e. The highest BCUT2D eigenvalue weighted by Crippen LogP contribution is 2.34. The van der Waals surface area contributed by atoms with E-state index in [1.165, 1.54) is 5.56 Å². The van der Waals surface area contributed by atoms with E-state index in [-0.39, 0.29) is 11.5 Å². The molecule has 202 valence electrons. The van der Waals surface area contributed by atoms with E-state index < -0.39 is 0 Å². The summed E-state index contributed by atoms with van der Waals surface area (Å²) in [6.45, 7) is 9.57. The molecular weight excluding hydrogens is 476 g/mol. The van der Waals surface area contributed by atoms with Crippen LogP contribution in [0.3, 0.4) is 0 Å². The molecular formula is C30H40N6O2. The second-order valence-corrected chi connectivity index (χ2v) is 10.8. The Bertz CT molecular complexity index is 1410. The average Bonchev–Trinajstić information content (AvgIpc) is 3.20. The maximum atomic E-state index is 6.15. The molecule has 1 aliphatic rings. The number of unbranched alkanes of at least 4 members (excludes halogenated alkanes) is 1. The SMILES string of the molecule is CCCCNc1nc(N)nc2c3ccccc3n(Cc3cc(CNC4CCOC(C)(C)C4)ccc3OC)c12. The average molecular weight is 517 g/mol. The quantitative estimate of drug-likeness (QED) is 0.240. The van der Waals surface area contributed by atoms with Crippen molar-refractivity contribution in [1.29, 1.82) is 0 Å². The molecule has 0 bridgehead atoms. The van der Waals surface area contributed by atoms with Gasteiger partial charge in [-0.3, -0.25) is 0 Å². The number of benzene rings is 2. The van der Waals surface area contributed by atoms with Crippen LogP contribution in [-0.2, 0) is 17.8 Å². The fourth-order valence-corrected chi connectivity index (χ4v) is 5.52. The predicted molar refractivity (Wildman–Crippen MR) is 155 cm³/mol. The molecule has 0 saturated carbocycles. The zero-order valence-electron chi connectivity index (χ0n) is 23.0. The van der Waals surface area contributed by atoms with Gasteiger partial charge < -0.3 is 30.4 Å². The van der Waals surface area contributed by atoms with Crippen LogP contribution in [0.1, 0.15) is 57.6 Å². The number of nitrogens with zero attached hydrogens (tertiary/aromatic N) is 3. The number of ether oxygens (including phenoxy) is 2. The van der Waals surface area contributed by atoms with Gasteiger partial charge in [0.05, 0.1) is 24.8 Å². The number of nitrogen functional groups attached to an aromatic ring is 1. The van der Waals surface area contributed by atoms with Crippen LogP contribution in [0.15, 0.2) is 42.5 Å². The van der Waals surface area contributed by atoms with Crippen LogP contribution in [0.5, 0.6) is 5.75 Å². The van der Waals surface area contributed by atoms with E-state index in [9.17, 15) is 0 Å². The van der Waals surface area contributed by atoms with Crippen LogP contribution < -0.4 is 21.1 Å². The third-order valence-corrected chi connectivity index (χ3v) is 7.41. The van der Waals surface area contributed by atoms with Gasteiger partial charge in [0.2, 0.25) is 5.95 Å². The highest BCUT2D eigenvalue weighted by atomic mass is 16.5. The standard InChI is InChI=1S/C30H40N6O2/c1-5-6-14-32-28-27-26(34-29(31)35-28)23-9-7-8-10-24(23)36(27)19-21-16-20(11-12-25(21)37-4)18-33-22-13-15-38-30(2,3)17-22/h7-12,16,22,33H,5-6,13-15,17-19H2,1-4H3,(H3,31,32,34,35). The Hall–Kier alpha value is -3.36. The van der Waals surface area contributed by atoms with Crippen molar-refractivity contribution in [3.63, 3.8) is 0 Å². The Morgan fingerprint density at radius 2 is 2.03 bits per heavy atom. The van der Waals surface area contributed by atoms with Gasteiger partial charge in [0, 0.05) is 36.7 Å². The molecule has 1 unspecified atom stereocenters. The van der Waals surface area contributed by atoms with E-state index in [0.29, 0.717) is 12.6 Å². The summed E-state index contributed by atoms with van der Waals surface area (Å²) in [6.07, 6.45) is 4.20. The summed E-state index contributed by atoms with van der Waals surface area (Å²) in [5.41, 5.74) is 11.3. The van der Waals surface area contributed by atoms with Crippen molar-refractivity contribution in [2.24, 2.45) is 0 Å². The molecule has 8 nitrogen and oxygen atoms in total. The second kappa shape index (κ2) is 11.2. The Labute approximate surface area is 224 Å². The lowest BCUT2D eigenvalue weighted by molar-refractivity contribution is -0.0630. The smallest absolute Gasteiger partial charge is 0.222 e. The normalized spacial score (nSPS) is 17.2. The number of fused-ring (bicyclic) bond motifs is 3. The Morgan fingerprint density at radius 3 is 2.82 bits per heavy atom. The highest BCUT2D eigenvalue weighted by Gasteiger charge is 2.28. The number of rotatable bonds is 10. The number of aromatic nitrogens is 3. The van der Waals surface area contributed by atoms with Crippen molar-refractivity contribution in [3.05, 3.63) is 53.6 Å². The van der Waals surface area contributed by atoms with E-state index in [2.05, 4.69) is 82.3 Å². The van der Waals surface area contributed by atoms with Crippen LogP contribution in [0.25, 0.3) is 21.9 Å². The van der Waals surface area contributed by atoms with Crippen molar-refractivity contribution in [3.8, 4) is 5.75 Å². The molecule has 3 heterocycles. The van der Waals surface area contributed by atoms with Gasteiger partial charge in [-0.05, 0) is 56.9 Å². The van der Waals surface area contributed by atoms with Gasteiger partial charge in [-0.15, -0.1) is 0 Å².